The molecule has 0 spiro atoms. The lowest BCUT2D eigenvalue weighted by Crippen LogP contribution is -2.31. The number of nitrogens with zero attached hydrogens (tertiary/aromatic N) is 2. The number of hydrogen-bond donors (Lipinski definition) is 1. The van der Waals surface area contributed by atoms with Crippen LogP contribution in [0.1, 0.15) is 51.1 Å². The van der Waals surface area contributed by atoms with Crippen molar-refractivity contribution in [2.24, 2.45) is 0 Å². The molecule has 1 atom stereocenters. The minimum atomic E-state index is 0.363. The van der Waals surface area contributed by atoms with Gasteiger partial charge in [-0.15, -0.1) is 0 Å². The molecule has 0 amide bonds. The zero-order chi connectivity index (χ0) is 13.0. The third-order valence-electron chi connectivity index (χ3n) is 4.00. The van der Waals surface area contributed by atoms with Gasteiger partial charge in [0.25, 0.3) is 0 Å². The van der Waals surface area contributed by atoms with Crippen molar-refractivity contribution in [1.82, 2.24) is 10.3 Å². The molecule has 1 saturated carbocycles. The Morgan fingerprint density at radius 1 is 1.44 bits per heavy atom. The summed E-state index contributed by atoms with van der Waals surface area (Å²) in [6, 6.07) is 5.27. The molecule has 100 valence electrons. The Morgan fingerprint density at radius 3 is 2.83 bits per heavy atom. The molecule has 3 heteroatoms. The first-order valence-corrected chi connectivity index (χ1v) is 7.15. The highest BCUT2D eigenvalue weighted by Crippen LogP contribution is 2.30. The highest BCUT2D eigenvalue weighted by atomic mass is 15.2. The van der Waals surface area contributed by atoms with Crippen molar-refractivity contribution in [3.05, 3.63) is 23.9 Å². The lowest BCUT2D eigenvalue weighted by molar-refractivity contribution is 0.585. The quantitative estimate of drug-likeness (QED) is 0.866. The van der Waals surface area contributed by atoms with Crippen molar-refractivity contribution >= 4 is 5.82 Å². The summed E-state index contributed by atoms with van der Waals surface area (Å²) in [5.74, 6) is 1.15. The zero-order valence-corrected chi connectivity index (χ0v) is 11.8. The van der Waals surface area contributed by atoms with Crippen molar-refractivity contribution in [3.63, 3.8) is 0 Å². The second kappa shape index (κ2) is 6.19. The van der Waals surface area contributed by atoms with Crippen LogP contribution in [-0.4, -0.2) is 24.6 Å². The van der Waals surface area contributed by atoms with Crippen LogP contribution >= 0.6 is 0 Å². The van der Waals surface area contributed by atoms with Gasteiger partial charge in [0.15, 0.2) is 0 Å². The molecule has 18 heavy (non-hydrogen) atoms. The van der Waals surface area contributed by atoms with Gasteiger partial charge in [0.05, 0.1) is 0 Å². The Hall–Kier alpha value is -1.09. The van der Waals surface area contributed by atoms with E-state index in [1.165, 1.54) is 31.2 Å². The van der Waals surface area contributed by atoms with Gasteiger partial charge in [-0.25, -0.2) is 4.98 Å². The van der Waals surface area contributed by atoms with Crippen LogP contribution in [0.15, 0.2) is 18.3 Å². The summed E-state index contributed by atoms with van der Waals surface area (Å²) >= 11 is 0. The van der Waals surface area contributed by atoms with E-state index >= 15 is 0 Å². The molecular formula is C15H25N3. The minimum absolute atomic E-state index is 0.363. The summed E-state index contributed by atoms with van der Waals surface area (Å²) in [5.41, 5.74) is 1.31. The molecule has 0 aromatic carbocycles. The highest BCUT2D eigenvalue weighted by molar-refractivity contribution is 5.48. The maximum atomic E-state index is 4.61. The zero-order valence-electron chi connectivity index (χ0n) is 11.8. The third-order valence-corrected chi connectivity index (χ3v) is 4.00. The van der Waals surface area contributed by atoms with Gasteiger partial charge in [0.2, 0.25) is 0 Å². The van der Waals surface area contributed by atoms with Crippen molar-refractivity contribution in [2.75, 3.05) is 18.5 Å². The Morgan fingerprint density at radius 2 is 2.17 bits per heavy atom. The van der Waals surface area contributed by atoms with Crippen LogP contribution in [0.25, 0.3) is 0 Å². The van der Waals surface area contributed by atoms with Crippen molar-refractivity contribution < 1.29 is 0 Å². The van der Waals surface area contributed by atoms with Crippen LogP contribution in [0.2, 0.25) is 0 Å². The SMILES string of the molecule is CCNC(C)c1cccnc1N(C)C1CCCC1. The normalized spacial score (nSPS) is 17.9. The molecule has 1 fully saturated rings. The maximum Gasteiger partial charge on any atom is 0.133 e. The summed E-state index contributed by atoms with van der Waals surface area (Å²) in [7, 11) is 2.19. The molecule has 1 aliphatic carbocycles. The van der Waals surface area contributed by atoms with E-state index in [1.54, 1.807) is 0 Å². The van der Waals surface area contributed by atoms with Crippen molar-refractivity contribution in [3.8, 4) is 0 Å². The molecule has 0 radical (unpaired) electrons. The van der Waals surface area contributed by atoms with E-state index in [1.807, 2.05) is 12.3 Å². The number of hydrogen-bond acceptors (Lipinski definition) is 3. The van der Waals surface area contributed by atoms with Gasteiger partial charge in [0.1, 0.15) is 5.82 Å². The fourth-order valence-electron chi connectivity index (χ4n) is 2.92. The number of aromatic nitrogens is 1. The van der Waals surface area contributed by atoms with Crippen LogP contribution in [0, 0.1) is 0 Å². The second-order valence-electron chi connectivity index (χ2n) is 5.24. The second-order valence-corrected chi connectivity index (χ2v) is 5.24. The topological polar surface area (TPSA) is 28.2 Å². The number of nitrogens with one attached hydrogen (secondary N) is 1. The molecular weight excluding hydrogens is 222 g/mol. The molecule has 1 heterocycles. The standard InChI is InChI=1S/C15H25N3/c1-4-16-12(2)14-10-7-11-17-15(14)18(3)13-8-5-6-9-13/h7,10-13,16H,4-6,8-9H2,1-3H3. The van der Waals surface area contributed by atoms with Crippen LogP contribution in [0.5, 0.6) is 0 Å². The molecule has 0 saturated heterocycles. The monoisotopic (exact) mass is 247 g/mol. The first kappa shape index (κ1) is 13.3. The van der Waals surface area contributed by atoms with Gasteiger partial charge in [0, 0.05) is 30.9 Å². The fraction of sp³-hybridized carbons (Fsp3) is 0.667. The Kier molecular flexibility index (Phi) is 4.59. The summed E-state index contributed by atoms with van der Waals surface area (Å²) in [6.45, 7) is 5.35. The lowest BCUT2D eigenvalue weighted by atomic mass is 10.1. The first-order chi connectivity index (χ1) is 8.74. The Bertz CT molecular complexity index is 372. The van der Waals surface area contributed by atoms with E-state index in [4.69, 9.17) is 0 Å². The minimum Gasteiger partial charge on any atom is -0.356 e. The Balaban J connectivity index is 2.20. The summed E-state index contributed by atoms with van der Waals surface area (Å²) in [5, 5.41) is 3.48. The van der Waals surface area contributed by atoms with Crippen LogP contribution in [0.3, 0.4) is 0 Å². The highest BCUT2D eigenvalue weighted by Gasteiger charge is 2.23. The molecule has 1 aromatic heterocycles. The van der Waals surface area contributed by atoms with E-state index in [9.17, 15) is 0 Å². The van der Waals surface area contributed by atoms with Gasteiger partial charge in [-0.3, -0.25) is 0 Å². The number of rotatable bonds is 5. The number of pyridine rings is 1. The Labute approximate surface area is 111 Å². The largest absolute Gasteiger partial charge is 0.356 e. The number of anilines is 1. The van der Waals surface area contributed by atoms with Gasteiger partial charge < -0.3 is 10.2 Å². The predicted molar refractivity (Wildman–Crippen MR) is 77.0 cm³/mol. The average Bonchev–Trinajstić information content (AvgIpc) is 2.92. The van der Waals surface area contributed by atoms with Crippen LogP contribution in [-0.2, 0) is 0 Å². The predicted octanol–water partition coefficient (Wildman–Crippen LogP) is 3.13. The molecule has 0 aliphatic heterocycles. The van der Waals surface area contributed by atoms with Gasteiger partial charge >= 0.3 is 0 Å². The van der Waals surface area contributed by atoms with E-state index in [0.29, 0.717) is 12.1 Å². The molecule has 0 bridgehead atoms. The third kappa shape index (κ3) is 2.83. The van der Waals surface area contributed by atoms with Crippen molar-refractivity contribution in [2.45, 2.75) is 51.6 Å². The smallest absolute Gasteiger partial charge is 0.133 e. The maximum absolute atomic E-state index is 4.61. The summed E-state index contributed by atoms with van der Waals surface area (Å²) in [4.78, 5) is 7.00. The van der Waals surface area contributed by atoms with Gasteiger partial charge in [-0.05, 0) is 32.4 Å². The van der Waals surface area contributed by atoms with Gasteiger partial charge in [-0.2, -0.15) is 0 Å². The summed E-state index contributed by atoms with van der Waals surface area (Å²) in [6.07, 6.45) is 7.24. The van der Waals surface area contributed by atoms with E-state index in [-0.39, 0.29) is 0 Å². The molecule has 3 nitrogen and oxygen atoms in total. The van der Waals surface area contributed by atoms with E-state index < -0.39 is 0 Å². The van der Waals surface area contributed by atoms with Crippen molar-refractivity contribution in [1.29, 1.82) is 0 Å². The van der Waals surface area contributed by atoms with Gasteiger partial charge in [-0.1, -0.05) is 25.8 Å². The molecule has 1 aromatic rings. The van der Waals surface area contributed by atoms with Crippen LogP contribution < -0.4 is 10.2 Å². The molecule has 1 unspecified atom stereocenters. The lowest BCUT2D eigenvalue weighted by Gasteiger charge is -2.29. The first-order valence-electron chi connectivity index (χ1n) is 7.15. The molecule has 1 N–H and O–H groups in total. The average molecular weight is 247 g/mol. The molecule has 2 rings (SSSR count). The molecule has 1 aliphatic rings. The van der Waals surface area contributed by atoms with E-state index in [0.717, 1.165) is 12.4 Å². The van der Waals surface area contributed by atoms with E-state index in [2.05, 4.69) is 42.2 Å². The summed E-state index contributed by atoms with van der Waals surface area (Å²) < 4.78 is 0. The fourth-order valence-corrected chi connectivity index (χ4v) is 2.92. The van der Waals surface area contributed by atoms with Crippen LogP contribution in [0.4, 0.5) is 5.82 Å².